The van der Waals surface area contributed by atoms with E-state index >= 15 is 0 Å². The minimum absolute atomic E-state index is 0.282. The second kappa shape index (κ2) is 7.34. The summed E-state index contributed by atoms with van der Waals surface area (Å²) in [7, 11) is 1.62. The van der Waals surface area contributed by atoms with Gasteiger partial charge in [0.2, 0.25) is 0 Å². The van der Waals surface area contributed by atoms with Gasteiger partial charge in [0, 0.05) is 6.54 Å². The van der Waals surface area contributed by atoms with E-state index in [4.69, 9.17) is 27.9 Å². The number of benzene rings is 1. The minimum atomic E-state index is -0.282. The average molecular weight is 324 g/mol. The highest BCUT2D eigenvalue weighted by atomic mass is 35.5. The normalized spacial score (nSPS) is 14.0. The molecule has 0 aromatic heterocycles. The van der Waals surface area contributed by atoms with Crippen LogP contribution in [-0.4, -0.2) is 19.6 Å². The van der Waals surface area contributed by atoms with Gasteiger partial charge < -0.3 is 10.1 Å². The van der Waals surface area contributed by atoms with Crippen LogP contribution in [-0.2, 0) is 4.74 Å². The molecule has 1 aliphatic rings. The van der Waals surface area contributed by atoms with Crippen molar-refractivity contribution in [2.24, 2.45) is 0 Å². The number of hydrogen-bond donors (Lipinski definition) is 1. The second-order valence-corrected chi connectivity index (χ2v) is 5.30. The maximum absolute atomic E-state index is 12.2. The van der Waals surface area contributed by atoms with Crippen molar-refractivity contribution >= 4 is 29.1 Å². The van der Waals surface area contributed by atoms with Gasteiger partial charge in [-0.15, -0.1) is 0 Å². The summed E-state index contributed by atoms with van der Waals surface area (Å²) in [6.45, 7) is 0.429. The molecule has 1 aromatic carbocycles. The van der Waals surface area contributed by atoms with E-state index in [1.807, 2.05) is 24.3 Å². The van der Waals surface area contributed by atoms with E-state index in [1.54, 1.807) is 25.3 Å². The third-order valence-electron chi connectivity index (χ3n) is 3.05. The van der Waals surface area contributed by atoms with Crippen molar-refractivity contribution in [3.8, 4) is 0 Å². The predicted molar refractivity (Wildman–Crippen MR) is 85.7 cm³/mol. The lowest BCUT2D eigenvalue weighted by Crippen LogP contribution is -2.26. The number of rotatable bonds is 4. The number of nitrogens with one attached hydrogen (secondary N) is 1. The molecule has 0 fully saturated rings. The van der Waals surface area contributed by atoms with Crippen LogP contribution in [0, 0.1) is 0 Å². The summed E-state index contributed by atoms with van der Waals surface area (Å²) in [5.74, 6) is 0.501. The van der Waals surface area contributed by atoms with Crippen molar-refractivity contribution in [2.45, 2.75) is 6.42 Å². The summed E-state index contributed by atoms with van der Waals surface area (Å²) in [5.41, 5.74) is 1.37. The Morgan fingerprint density at radius 2 is 2.00 bits per heavy atom. The number of carbonyl (C=O) groups is 1. The molecule has 0 saturated heterocycles. The third-order valence-corrected chi connectivity index (χ3v) is 3.68. The van der Waals surface area contributed by atoms with Crippen LogP contribution >= 0.6 is 23.2 Å². The van der Waals surface area contributed by atoms with Crippen molar-refractivity contribution in [2.75, 3.05) is 13.7 Å². The molecule has 1 N–H and O–H groups in total. The molecule has 0 bridgehead atoms. The molecule has 110 valence electrons. The number of halogens is 2. The molecule has 5 heteroatoms. The van der Waals surface area contributed by atoms with Gasteiger partial charge in [-0.1, -0.05) is 41.4 Å². The number of amides is 1. The fourth-order valence-corrected chi connectivity index (χ4v) is 2.48. The van der Waals surface area contributed by atoms with Crippen molar-refractivity contribution < 1.29 is 9.53 Å². The molecule has 0 radical (unpaired) electrons. The Hall–Kier alpha value is -1.71. The van der Waals surface area contributed by atoms with E-state index in [9.17, 15) is 4.79 Å². The van der Waals surface area contributed by atoms with Gasteiger partial charge in [-0.05, 0) is 36.3 Å². The Morgan fingerprint density at radius 3 is 2.67 bits per heavy atom. The van der Waals surface area contributed by atoms with Crippen molar-refractivity contribution in [3.63, 3.8) is 0 Å². The lowest BCUT2D eigenvalue weighted by atomic mass is 10.1. The molecule has 0 aliphatic heterocycles. The highest BCUT2D eigenvalue weighted by Gasteiger charge is 2.14. The molecule has 0 atom stereocenters. The van der Waals surface area contributed by atoms with Gasteiger partial charge in [0.05, 0.1) is 22.7 Å². The molecule has 0 spiro atoms. The first-order chi connectivity index (χ1) is 10.1. The number of hydrogen-bond acceptors (Lipinski definition) is 2. The Labute approximate surface area is 133 Å². The van der Waals surface area contributed by atoms with Crippen LogP contribution in [0.25, 0.3) is 0 Å². The van der Waals surface area contributed by atoms with Gasteiger partial charge in [-0.2, -0.15) is 0 Å². The van der Waals surface area contributed by atoms with E-state index < -0.39 is 0 Å². The van der Waals surface area contributed by atoms with Crippen LogP contribution in [0.2, 0.25) is 10.0 Å². The highest BCUT2D eigenvalue weighted by molar-refractivity contribution is 6.39. The summed E-state index contributed by atoms with van der Waals surface area (Å²) >= 11 is 12.0. The van der Waals surface area contributed by atoms with Gasteiger partial charge in [0.15, 0.2) is 0 Å². The largest absolute Gasteiger partial charge is 0.497 e. The fraction of sp³-hybridized carbons (Fsp3) is 0.188. The van der Waals surface area contributed by atoms with Crippen LogP contribution in [0.3, 0.4) is 0 Å². The first-order valence-corrected chi connectivity index (χ1v) is 7.20. The van der Waals surface area contributed by atoms with Crippen LogP contribution in [0.15, 0.2) is 53.8 Å². The smallest absolute Gasteiger partial charge is 0.254 e. The fourth-order valence-electron chi connectivity index (χ4n) is 1.91. The number of carbonyl (C=O) groups excluding carboxylic acids is 1. The Kier molecular flexibility index (Phi) is 5.48. The molecule has 2 rings (SSSR count). The van der Waals surface area contributed by atoms with Gasteiger partial charge in [0.25, 0.3) is 5.91 Å². The summed E-state index contributed by atoms with van der Waals surface area (Å²) in [4.78, 5) is 12.2. The molecule has 0 unspecified atom stereocenters. The third kappa shape index (κ3) is 4.13. The number of ether oxygens (including phenoxy) is 1. The zero-order valence-electron chi connectivity index (χ0n) is 11.5. The van der Waals surface area contributed by atoms with Gasteiger partial charge in [0.1, 0.15) is 5.76 Å². The minimum Gasteiger partial charge on any atom is -0.497 e. The number of methoxy groups -OCH3 is 1. The SMILES string of the molecule is COC1=CC=C(CNC(=O)c2c(Cl)cccc2Cl)CC=C1. The summed E-state index contributed by atoms with van der Waals surface area (Å²) < 4.78 is 5.15. The van der Waals surface area contributed by atoms with Crippen LogP contribution < -0.4 is 5.32 Å². The zero-order valence-corrected chi connectivity index (χ0v) is 13.0. The summed E-state index contributed by atoms with van der Waals surface area (Å²) in [6.07, 6.45) is 8.44. The van der Waals surface area contributed by atoms with Crippen molar-refractivity contribution in [1.29, 1.82) is 0 Å². The van der Waals surface area contributed by atoms with Gasteiger partial charge in [-0.25, -0.2) is 0 Å². The Morgan fingerprint density at radius 1 is 1.29 bits per heavy atom. The molecular weight excluding hydrogens is 309 g/mol. The Bertz CT molecular complexity index is 613. The zero-order chi connectivity index (χ0) is 15.2. The molecule has 21 heavy (non-hydrogen) atoms. The van der Waals surface area contributed by atoms with E-state index in [0.29, 0.717) is 22.2 Å². The maximum atomic E-state index is 12.2. The molecule has 1 aromatic rings. The summed E-state index contributed by atoms with van der Waals surface area (Å²) in [6, 6.07) is 4.99. The summed E-state index contributed by atoms with van der Waals surface area (Å²) in [5, 5.41) is 3.52. The van der Waals surface area contributed by atoms with E-state index in [0.717, 1.165) is 17.8 Å². The predicted octanol–water partition coefficient (Wildman–Crippen LogP) is 4.14. The molecule has 3 nitrogen and oxygen atoms in total. The van der Waals surface area contributed by atoms with Crippen molar-refractivity contribution in [1.82, 2.24) is 5.32 Å². The lowest BCUT2D eigenvalue weighted by molar-refractivity contribution is 0.0957. The molecular formula is C16H15Cl2NO2. The molecule has 1 amide bonds. The molecule has 1 aliphatic carbocycles. The van der Waals surface area contributed by atoms with Crippen LogP contribution in [0.5, 0.6) is 0 Å². The van der Waals surface area contributed by atoms with E-state index in [1.165, 1.54) is 0 Å². The topological polar surface area (TPSA) is 38.3 Å². The van der Waals surface area contributed by atoms with Crippen LogP contribution in [0.1, 0.15) is 16.8 Å². The highest BCUT2D eigenvalue weighted by Crippen LogP contribution is 2.24. The second-order valence-electron chi connectivity index (χ2n) is 4.48. The molecule has 0 saturated carbocycles. The quantitative estimate of drug-likeness (QED) is 0.904. The number of allylic oxidation sites excluding steroid dienone is 4. The first kappa shape index (κ1) is 15.7. The average Bonchev–Trinajstić information content (AvgIpc) is 2.70. The van der Waals surface area contributed by atoms with Gasteiger partial charge in [-0.3, -0.25) is 4.79 Å². The van der Waals surface area contributed by atoms with E-state index in [2.05, 4.69) is 5.32 Å². The molecule has 0 heterocycles. The Balaban J connectivity index is 2.04. The van der Waals surface area contributed by atoms with Crippen molar-refractivity contribution in [3.05, 3.63) is 69.4 Å². The van der Waals surface area contributed by atoms with E-state index in [-0.39, 0.29) is 5.91 Å². The standard InChI is InChI=1S/C16H15Cl2NO2/c1-21-12-5-2-4-11(8-9-12)10-19-16(20)15-13(17)6-3-7-14(15)18/h2-3,5-9H,4,10H2,1H3,(H,19,20). The monoisotopic (exact) mass is 323 g/mol. The maximum Gasteiger partial charge on any atom is 0.254 e. The van der Waals surface area contributed by atoms with Crippen LogP contribution in [0.4, 0.5) is 0 Å². The van der Waals surface area contributed by atoms with Gasteiger partial charge >= 0.3 is 0 Å². The first-order valence-electron chi connectivity index (χ1n) is 6.44. The lowest BCUT2D eigenvalue weighted by Gasteiger charge is -2.09.